The number of carbonyl (C=O) groups is 1. The van der Waals surface area contributed by atoms with Crippen LogP contribution in [-0.2, 0) is 0 Å². The second-order valence-electron chi connectivity index (χ2n) is 6.75. The molecule has 2 aromatic heterocycles. The van der Waals surface area contributed by atoms with Crippen LogP contribution in [0.15, 0.2) is 40.2 Å². The third-order valence-corrected chi connectivity index (χ3v) is 4.59. The Bertz CT molecular complexity index is 1230. The molecular formula is C19H17ClF3N5O3. The number of fused-ring (bicyclic) bond motifs is 1. The van der Waals surface area contributed by atoms with Crippen molar-refractivity contribution in [1.29, 1.82) is 0 Å². The van der Waals surface area contributed by atoms with E-state index in [1.54, 1.807) is 25.9 Å². The Morgan fingerprint density at radius 2 is 2.03 bits per heavy atom. The number of hydrogen-bond donors (Lipinski definition) is 1. The summed E-state index contributed by atoms with van der Waals surface area (Å²) in [4.78, 5) is 33.5. The van der Waals surface area contributed by atoms with Crippen molar-refractivity contribution in [3.05, 3.63) is 51.4 Å². The number of halogens is 4. The van der Waals surface area contributed by atoms with Gasteiger partial charge in [-0.05, 0) is 19.1 Å². The molecule has 0 bridgehead atoms. The Balaban J connectivity index is 2.05. The summed E-state index contributed by atoms with van der Waals surface area (Å²) in [6, 6.07) is 5.30. The van der Waals surface area contributed by atoms with Crippen molar-refractivity contribution in [3.8, 4) is 17.0 Å². The highest BCUT2D eigenvalue weighted by atomic mass is 35.5. The summed E-state index contributed by atoms with van der Waals surface area (Å²) in [7, 11) is 3.45. The number of amides is 1. The fourth-order valence-electron chi connectivity index (χ4n) is 2.54. The lowest BCUT2D eigenvalue weighted by Gasteiger charge is -2.12. The fourth-order valence-corrected chi connectivity index (χ4v) is 2.72. The number of hydrogen-bond acceptors (Lipinski definition) is 4. The zero-order valence-electron chi connectivity index (χ0n) is 16.6. The van der Waals surface area contributed by atoms with Crippen LogP contribution in [0.25, 0.3) is 16.9 Å². The number of carbonyl (C=O) groups excluding carboxylic acids is 1. The number of aromatic amines is 1. The lowest BCUT2D eigenvalue weighted by molar-refractivity contribution is -0.153. The zero-order valence-corrected chi connectivity index (χ0v) is 17.4. The molecule has 2 heterocycles. The monoisotopic (exact) mass is 455 g/mol. The van der Waals surface area contributed by atoms with Crippen LogP contribution in [0.3, 0.4) is 0 Å². The summed E-state index contributed by atoms with van der Waals surface area (Å²) in [5, 5.41) is 3.89. The van der Waals surface area contributed by atoms with Gasteiger partial charge in [-0.15, -0.1) is 0 Å². The zero-order chi connectivity index (χ0) is 22.9. The number of aromatic nitrogens is 3. The predicted octanol–water partition coefficient (Wildman–Crippen LogP) is 3.40. The van der Waals surface area contributed by atoms with Gasteiger partial charge in [-0.2, -0.15) is 27.8 Å². The maximum atomic E-state index is 12.5. The van der Waals surface area contributed by atoms with Crippen LogP contribution >= 0.6 is 11.6 Å². The van der Waals surface area contributed by atoms with Gasteiger partial charge in [-0.3, -0.25) is 9.59 Å². The molecule has 8 nitrogen and oxygen atoms in total. The Labute approximate surface area is 178 Å². The Hall–Kier alpha value is -3.34. The van der Waals surface area contributed by atoms with Crippen LogP contribution in [0.2, 0.25) is 5.02 Å². The summed E-state index contributed by atoms with van der Waals surface area (Å²) in [5.41, 5.74) is 0.157. The number of rotatable bonds is 4. The Morgan fingerprint density at radius 1 is 1.32 bits per heavy atom. The number of alkyl halides is 3. The molecule has 3 aromatic rings. The van der Waals surface area contributed by atoms with Gasteiger partial charge in [0, 0.05) is 25.7 Å². The first-order valence-electron chi connectivity index (χ1n) is 8.84. The largest absolute Gasteiger partial charge is 0.483 e. The van der Waals surface area contributed by atoms with Crippen molar-refractivity contribution in [2.24, 2.45) is 4.99 Å². The summed E-state index contributed by atoms with van der Waals surface area (Å²) < 4.78 is 43.2. The van der Waals surface area contributed by atoms with Gasteiger partial charge >= 0.3 is 6.18 Å². The van der Waals surface area contributed by atoms with Gasteiger partial charge < -0.3 is 14.6 Å². The molecule has 31 heavy (non-hydrogen) atoms. The number of nitrogens with one attached hydrogen (secondary N) is 1. The van der Waals surface area contributed by atoms with E-state index in [1.165, 1.54) is 30.5 Å². The Morgan fingerprint density at radius 3 is 2.68 bits per heavy atom. The molecule has 0 radical (unpaired) electrons. The quantitative estimate of drug-likeness (QED) is 0.481. The van der Waals surface area contributed by atoms with E-state index in [1.807, 2.05) is 0 Å². The summed E-state index contributed by atoms with van der Waals surface area (Å²) >= 11 is 5.92. The van der Waals surface area contributed by atoms with E-state index in [4.69, 9.17) is 16.3 Å². The molecular weight excluding hydrogens is 439 g/mol. The van der Waals surface area contributed by atoms with Gasteiger partial charge in [0.1, 0.15) is 17.1 Å². The van der Waals surface area contributed by atoms with Crippen LogP contribution in [-0.4, -0.2) is 58.1 Å². The summed E-state index contributed by atoms with van der Waals surface area (Å²) in [6.07, 6.45) is -3.32. The van der Waals surface area contributed by atoms with Crippen molar-refractivity contribution in [1.82, 2.24) is 19.5 Å². The second kappa shape index (κ2) is 8.42. The van der Waals surface area contributed by atoms with Gasteiger partial charge in [0.05, 0.1) is 16.9 Å². The molecule has 0 unspecified atom stereocenters. The second-order valence-corrected chi connectivity index (χ2v) is 7.15. The molecule has 0 atom stereocenters. The first-order chi connectivity index (χ1) is 14.5. The molecule has 3 rings (SSSR count). The van der Waals surface area contributed by atoms with Crippen LogP contribution < -0.4 is 10.3 Å². The van der Waals surface area contributed by atoms with Gasteiger partial charge in [0.2, 0.25) is 0 Å². The van der Waals surface area contributed by atoms with Gasteiger partial charge in [0.25, 0.3) is 11.5 Å². The number of nitrogens with zero attached hydrogens (tertiary/aromatic N) is 4. The highest BCUT2D eigenvalue weighted by Gasteiger charge is 2.29. The lowest BCUT2D eigenvalue weighted by Crippen LogP contribution is -2.20. The van der Waals surface area contributed by atoms with E-state index in [9.17, 15) is 22.8 Å². The molecule has 0 aliphatic carbocycles. The average molecular weight is 456 g/mol. The topological polar surface area (TPSA) is 92.1 Å². The van der Waals surface area contributed by atoms with E-state index in [2.05, 4.69) is 15.1 Å². The minimum absolute atomic E-state index is 0.0230. The standard InChI is InChI=1S/C19H17ClF3N5O3/c1-10(27(2)3)25-18(30)12-8-24-28-16(29)7-14(26-17(12)28)11-4-5-13(20)15(6-11)31-9-19(21,22)23/h4-8,26H,9H2,1-3H3. The molecule has 1 N–H and O–H groups in total. The van der Waals surface area contributed by atoms with E-state index in [-0.39, 0.29) is 27.7 Å². The molecule has 164 valence electrons. The van der Waals surface area contributed by atoms with Crippen molar-refractivity contribution >= 4 is 29.0 Å². The van der Waals surface area contributed by atoms with E-state index >= 15 is 0 Å². The maximum Gasteiger partial charge on any atom is 0.422 e. The molecule has 0 aliphatic heterocycles. The average Bonchev–Trinajstić information content (AvgIpc) is 3.11. The molecule has 0 aliphatic rings. The van der Waals surface area contributed by atoms with Crippen LogP contribution in [0, 0.1) is 0 Å². The Kier molecular flexibility index (Phi) is 6.07. The SMILES string of the molecule is CC(=NC(=O)c1cnn2c(=O)cc(-c3ccc(Cl)c(OCC(F)(F)F)c3)[nH]c12)N(C)C. The van der Waals surface area contributed by atoms with Crippen LogP contribution in [0.4, 0.5) is 13.2 Å². The molecule has 0 saturated heterocycles. The molecule has 12 heteroatoms. The lowest BCUT2D eigenvalue weighted by atomic mass is 10.1. The van der Waals surface area contributed by atoms with Gasteiger partial charge in [0.15, 0.2) is 12.3 Å². The number of benzene rings is 1. The highest BCUT2D eigenvalue weighted by Crippen LogP contribution is 2.31. The first-order valence-corrected chi connectivity index (χ1v) is 9.21. The smallest absolute Gasteiger partial charge is 0.422 e. The third-order valence-electron chi connectivity index (χ3n) is 4.27. The number of H-pyrrole nitrogens is 1. The molecule has 0 fully saturated rings. The molecule has 0 spiro atoms. The predicted molar refractivity (Wildman–Crippen MR) is 109 cm³/mol. The third kappa shape index (κ3) is 5.05. The maximum absolute atomic E-state index is 12.5. The minimum atomic E-state index is -4.54. The number of ether oxygens (including phenoxy) is 1. The van der Waals surface area contributed by atoms with E-state index in [0.29, 0.717) is 11.4 Å². The first kappa shape index (κ1) is 22.3. The fraction of sp³-hybridized carbons (Fsp3) is 0.263. The van der Waals surface area contributed by atoms with Crippen molar-refractivity contribution in [2.45, 2.75) is 13.1 Å². The molecule has 1 amide bonds. The number of amidine groups is 1. The normalized spacial score (nSPS) is 12.3. The van der Waals surface area contributed by atoms with Crippen molar-refractivity contribution in [3.63, 3.8) is 0 Å². The minimum Gasteiger partial charge on any atom is -0.483 e. The van der Waals surface area contributed by atoms with Gasteiger partial charge in [-0.25, -0.2) is 0 Å². The highest BCUT2D eigenvalue weighted by molar-refractivity contribution is 6.32. The van der Waals surface area contributed by atoms with Crippen molar-refractivity contribution in [2.75, 3.05) is 20.7 Å². The summed E-state index contributed by atoms with van der Waals surface area (Å²) in [6.45, 7) is 0.129. The molecule has 0 saturated carbocycles. The van der Waals surface area contributed by atoms with Crippen molar-refractivity contribution < 1.29 is 22.7 Å². The number of aliphatic imine (C=N–C) groups is 1. The van der Waals surface area contributed by atoms with E-state index < -0.39 is 24.2 Å². The molecule has 1 aromatic carbocycles. The van der Waals surface area contributed by atoms with Gasteiger partial charge in [-0.1, -0.05) is 17.7 Å². The van der Waals surface area contributed by atoms with E-state index in [0.717, 1.165) is 4.52 Å². The van der Waals surface area contributed by atoms with Crippen LogP contribution in [0.5, 0.6) is 5.75 Å². The summed E-state index contributed by atoms with van der Waals surface area (Å²) in [5.74, 6) is -0.362. The van der Waals surface area contributed by atoms with Crippen LogP contribution in [0.1, 0.15) is 17.3 Å².